The van der Waals surface area contributed by atoms with Gasteiger partial charge >= 0.3 is 0 Å². The Morgan fingerprint density at radius 1 is 1.68 bits per heavy atom. The number of aromatic amines is 1. The van der Waals surface area contributed by atoms with Crippen LogP contribution in [0.1, 0.15) is 34.9 Å². The minimum absolute atomic E-state index is 0.183. The van der Waals surface area contributed by atoms with E-state index in [0.717, 1.165) is 18.5 Å². The summed E-state index contributed by atoms with van der Waals surface area (Å²) in [4.78, 5) is 14.0. The predicted molar refractivity (Wildman–Crippen MR) is 73.0 cm³/mol. The number of methoxy groups -OCH3 is 1. The number of ether oxygens (including phenoxy) is 1. The van der Waals surface area contributed by atoms with Crippen LogP contribution in [0.2, 0.25) is 0 Å². The molecule has 0 aromatic carbocycles. The Kier molecular flexibility index (Phi) is 4.21. The van der Waals surface area contributed by atoms with Gasteiger partial charge in [-0.15, -0.1) is 6.58 Å². The highest BCUT2D eigenvalue weighted by molar-refractivity contribution is 5.97. The molecule has 0 spiro atoms. The molecule has 1 aliphatic carbocycles. The lowest BCUT2D eigenvalue weighted by Crippen LogP contribution is -2.34. The second kappa shape index (κ2) is 5.88. The van der Waals surface area contributed by atoms with E-state index in [9.17, 15) is 4.79 Å². The number of aromatic nitrogens is 2. The van der Waals surface area contributed by atoms with E-state index in [1.165, 1.54) is 0 Å². The smallest absolute Gasteiger partial charge is 0.276 e. The Morgan fingerprint density at radius 2 is 2.42 bits per heavy atom. The van der Waals surface area contributed by atoms with Crippen molar-refractivity contribution in [3.8, 4) is 0 Å². The maximum Gasteiger partial charge on any atom is 0.276 e. The molecule has 1 saturated carbocycles. The number of nitrogens with one attached hydrogen (secondary N) is 1. The molecule has 6 nitrogen and oxygen atoms in total. The van der Waals surface area contributed by atoms with Gasteiger partial charge in [-0.25, -0.2) is 0 Å². The van der Waals surface area contributed by atoms with E-state index in [0.29, 0.717) is 37.0 Å². The fourth-order valence-corrected chi connectivity index (χ4v) is 1.99. The first-order valence-corrected chi connectivity index (χ1v) is 6.41. The first kappa shape index (κ1) is 13.6. The number of hydrogen-bond donors (Lipinski definition) is 2. The van der Waals surface area contributed by atoms with E-state index in [-0.39, 0.29) is 5.91 Å². The van der Waals surface area contributed by atoms with Crippen LogP contribution in [-0.2, 0) is 4.74 Å². The summed E-state index contributed by atoms with van der Waals surface area (Å²) in [5, 5.41) is 6.96. The van der Waals surface area contributed by atoms with Gasteiger partial charge in [0.2, 0.25) is 0 Å². The summed E-state index contributed by atoms with van der Waals surface area (Å²) in [7, 11) is 1.60. The molecule has 0 saturated heterocycles. The topological polar surface area (TPSA) is 84.2 Å². The van der Waals surface area contributed by atoms with Gasteiger partial charge < -0.3 is 15.4 Å². The van der Waals surface area contributed by atoms with Crippen molar-refractivity contribution < 1.29 is 9.53 Å². The maximum atomic E-state index is 12.4. The Labute approximate surface area is 112 Å². The number of H-pyrrole nitrogens is 1. The number of nitrogen functional groups attached to an aromatic ring is 1. The van der Waals surface area contributed by atoms with Gasteiger partial charge in [-0.1, -0.05) is 6.08 Å². The number of nitrogens with zero attached hydrogens (tertiary/aromatic N) is 2. The zero-order chi connectivity index (χ0) is 13.8. The molecule has 0 atom stereocenters. The van der Waals surface area contributed by atoms with Crippen molar-refractivity contribution in [3.05, 3.63) is 24.0 Å². The van der Waals surface area contributed by atoms with Crippen LogP contribution in [0.5, 0.6) is 0 Å². The Hall–Kier alpha value is -1.82. The van der Waals surface area contributed by atoms with Crippen LogP contribution in [0, 0.1) is 0 Å². The fraction of sp³-hybridized carbons (Fsp3) is 0.538. The van der Waals surface area contributed by atoms with Gasteiger partial charge in [0, 0.05) is 26.1 Å². The summed E-state index contributed by atoms with van der Waals surface area (Å²) in [6.07, 6.45) is 3.90. The average Bonchev–Trinajstić information content (AvgIpc) is 3.17. The molecular formula is C13H20N4O2. The minimum atomic E-state index is -0.183. The first-order valence-electron chi connectivity index (χ1n) is 6.41. The number of carbonyl (C=O) groups excluding carboxylic acids is 1. The number of nitrogens with two attached hydrogens (primary N) is 1. The van der Waals surface area contributed by atoms with Gasteiger partial charge in [-0.2, -0.15) is 5.10 Å². The number of amides is 1. The molecular weight excluding hydrogens is 244 g/mol. The van der Waals surface area contributed by atoms with Crippen LogP contribution in [0.4, 0.5) is 5.69 Å². The number of rotatable bonds is 7. The molecule has 1 heterocycles. The molecule has 19 heavy (non-hydrogen) atoms. The second-order valence-corrected chi connectivity index (χ2v) is 4.71. The van der Waals surface area contributed by atoms with Crippen molar-refractivity contribution in [2.75, 3.05) is 32.5 Å². The van der Waals surface area contributed by atoms with Crippen LogP contribution >= 0.6 is 0 Å². The summed E-state index contributed by atoms with van der Waals surface area (Å²) in [5.74, 6) is 0.262. The van der Waals surface area contributed by atoms with Crippen LogP contribution < -0.4 is 5.73 Å². The van der Waals surface area contributed by atoms with Gasteiger partial charge in [0.05, 0.1) is 18.0 Å². The third-order valence-electron chi connectivity index (χ3n) is 3.22. The summed E-state index contributed by atoms with van der Waals surface area (Å²) in [5.41, 5.74) is 7.70. The van der Waals surface area contributed by atoms with Crippen molar-refractivity contribution in [2.24, 2.45) is 0 Å². The molecule has 1 aromatic rings. The van der Waals surface area contributed by atoms with Gasteiger partial charge in [-0.05, 0) is 12.8 Å². The number of carbonyl (C=O) groups is 1. The van der Waals surface area contributed by atoms with Gasteiger partial charge in [0.1, 0.15) is 0 Å². The monoisotopic (exact) mass is 264 g/mol. The van der Waals surface area contributed by atoms with Crippen LogP contribution in [0.15, 0.2) is 12.7 Å². The van der Waals surface area contributed by atoms with Gasteiger partial charge in [0.15, 0.2) is 5.69 Å². The van der Waals surface area contributed by atoms with Crippen molar-refractivity contribution in [1.82, 2.24) is 15.1 Å². The SMILES string of the molecule is C=CCN(CCOC)C(=O)c1n[nH]c(C2CC2)c1N. The Balaban J connectivity index is 2.13. The third kappa shape index (κ3) is 2.96. The molecule has 0 bridgehead atoms. The maximum absolute atomic E-state index is 12.4. The van der Waals surface area contributed by atoms with E-state index >= 15 is 0 Å². The molecule has 104 valence electrons. The predicted octanol–water partition coefficient (Wildman–Crippen LogP) is 1.14. The molecule has 0 unspecified atom stereocenters. The Bertz CT molecular complexity index is 465. The quantitative estimate of drug-likeness (QED) is 0.723. The molecule has 1 aromatic heterocycles. The lowest BCUT2D eigenvalue weighted by molar-refractivity contribution is 0.0713. The van der Waals surface area contributed by atoms with E-state index in [1.54, 1.807) is 18.1 Å². The fourth-order valence-electron chi connectivity index (χ4n) is 1.99. The highest BCUT2D eigenvalue weighted by atomic mass is 16.5. The van der Waals surface area contributed by atoms with Crippen LogP contribution in [-0.4, -0.2) is 47.8 Å². The highest BCUT2D eigenvalue weighted by Crippen LogP contribution is 2.42. The molecule has 3 N–H and O–H groups in total. The molecule has 1 fully saturated rings. The zero-order valence-corrected chi connectivity index (χ0v) is 11.2. The van der Waals surface area contributed by atoms with Crippen molar-refractivity contribution in [2.45, 2.75) is 18.8 Å². The van der Waals surface area contributed by atoms with Crippen molar-refractivity contribution in [3.63, 3.8) is 0 Å². The molecule has 2 rings (SSSR count). The van der Waals surface area contributed by atoms with E-state index in [2.05, 4.69) is 16.8 Å². The molecule has 1 aliphatic rings. The van der Waals surface area contributed by atoms with E-state index in [4.69, 9.17) is 10.5 Å². The average molecular weight is 264 g/mol. The van der Waals surface area contributed by atoms with Gasteiger partial charge in [0.25, 0.3) is 5.91 Å². The largest absolute Gasteiger partial charge is 0.395 e. The summed E-state index contributed by atoms with van der Waals surface area (Å²) in [6, 6.07) is 0. The van der Waals surface area contributed by atoms with Crippen molar-refractivity contribution >= 4 is 11.6 Å². The molecule has 1 amide bonds. The normalized spacial score (nSPS) is 14.4. The number of hydrogen-bond acceptors (Lipinski definition) is 4. The van der Waals surface area contributed by atoms with Crippen LogP contribution in [0.25, 0.3) is 0 Å². The molecule has 6 heteroatoms. The van der Waals surface area contributed by atoms with Crippen LogP contribution in [0.3, 0.4) is 0 Å². The second-order valence-electron chi connectivity index (χ2n) is 4.71. The van der Waals surface area contributed by atoms with Crippen molar-refractivity contribution in [1.29, 1.82) is 0 Å². The summed E-state index contributed by atoms with van der Waals surface area (Å²) >= 11 is 0. The highest BCUT2D eigenvalue weighted by Gasteiger charge is 2.31. The molecule has 0 aliphatic heterocycles. The van der Waals surface area contributed by atoms with E-state index in [1.807, 2.05) is 0 Å². The minimum Gasteiger partial charge on any atom is -0.395 e. The number of anilines is 1. The lowest BCUT2D eigenvalue weighted by atomic mass is 10.2. The zero-order valence-electron chi connectivity index (χ0n) is 11.2. The standard InChI is InChI=1S/C13H20N4O2/c1-3-6-17(7-8-19-2)13(18)12-10(14)11(15-16-12)9-4-5-9/h3,9H,1,4-8,14H2,2H3,(H,15,16). The third-order valence-corrected chi connectivity index (χ3v) is 3.22. The summed E-state index contributed by atoms with van der Waals surface area (Å²) < 4.78 is 5.00. The van der Waals surface area contributed by atoms with E-state index < -0.39 is 0 Å². The first-order chi connectivity index (χ1) is 9.19. The Morgan fingerprint density at radius 3 is 3.00 bits per heavy atom. The summed E-state index contributed by atoms with van der Waals surface area (Å²) in [6.45, 7) is 5.07. The lowest BCUT2D eigenvalue weighted by Gasteiger charge is -2.19. The molecule has 0 radical (unpaired) electrons. The van der Waals surface area contributed by atoms with Gasteiger partial charge in [-0.3, -0.25) is 9.89 Å².